The molecule has 0 aliphatic rings. The molecule has 0 aliphatic heterocycles. The number of ether oxygens (including phenoxy) is 1. The van der Waals surface area contributed by atoms with Crippen LogP contribution in [0.15, 0.2) is 23.7 Å². The van der Waals surface area contributed by atoms with Crippen LogP contribution in [0.5, 0.6) is 5.75 Å². The van der Waals surface area contributed by atoms with Crippen LogP contribution in [0.3, 0.4) is 0 Å². The maximum absolute atomic E-state index is 13.3. The lowest BCUT2D eigenvalue weighted by molar-refractivity contribution is -0.138. The van der Waals surface area contributed by atoms with Gasteiger partial charge in [-0.3, -0.25) is 0 Å². The molecule has 0 atom stereocenters. The van der Waals surface area contributed by atoms with Crippen molar-refractivity contribution in [1.82, 2.24) is 10.2 Å². The van der Waals surface area contributed by atoms with Crippen LogP contribution in [0.25, 0.3) is 10.6 Å². The zero-order chi connectivity index (χ0) is 17.4. The summed E-state index contributed by atoms with van der Waals surface area (Å²) in [7, 11) is 0. The lowest BCUT2D eigenvalue weighted by atomic mass is 10.1. The Bertz CT molecular complexity index is 615. The first-order valence-corrected chi connectivity index (χ1v) is 9.01. The summed E-state index contributed by atoms with van der Waals surface area (Å²) in [5, 5.41) is 7.93. The van der Waals surface area contributed by atoms with Crippen molar-refractivity contribution in [2.24, 2.45) is 0 Å². The van der Waals surface area contributed by atoms with E-state index in [2.05, 4.69) is 17.1 Å². The van der Waals surface area contributed by atoms with Crippen molar-refractivity contribution < 1.29 is 17.9 Å². The molecule has 0 N–H and O–H groups in total. The standard InChI is InChI=1S/C17H21F3N2OS/c1-2-3-4-5-6-7-10-23-15-9-8-13(16-22-21-12-24-16)11-14(15)17(18,19)20/h8-9,11-12H,2-7,10H2,1H3. The maximum atomic E-state index is 13.3. The zero-order valence-corrected chi connectivity index (χ0v) is 14.4. The zero-order valence-electron chi connectivity index (χ0n) is 13.6. The monoisotopic (exact) mass is 358 g/mol. The quantitative estimate of drug-likeness (QED) is 0.519. The van der Waals surface area contributed by atoms with E-state index in [0.29, 0.717) is 17.2 Å². The highest BCUT2D eigenvalue weighted by atomic mass is 32.1. The Hall–Kier alpha value is -1.63. The van der Waals surface area contributed by atoms with E-state index >= 15 is 0 Å². The Balaban J connectivity index is 1.99. The van der Waals surface area contributed by atoms with Gasteiger partial charge in [-0.05, 0) is 24.6 Å². The summed E-state index contributed by atoms with van der Waals surface area (Å²) in [5.41, 5.74) is 1.13. The van der Waals surface area contributed by atoms with Crippen molar-refractivity contribution in [3.63, 3.8) is 0 Å². The first kappa shape index (κ1) is 18.7. The predicted octanol–water partition coefficient (Wildman–Crippen LogP) is 5.96. The van der Waals surface area contributed by atoms with Crippen molar-refractivity contribution in [1.29, 1.82) is 0 Å². The van der Waals surface area contributed by atoms with Gasteiger partial charge in [0.2, 0.25) is 0 Å². The third-order valence-corrected chi connectivity index (χ3v) is 4.39. The van der Waals surface area contributed by atoms with Crippen LogP contribution in [0.2, 0.25) is 0 Å². The predicted molar refractivity (Wildman–Crippen MR) is 89.2 cm³/mol. The van der Waals surface area contributed by atoms with E-state index in [1.165, 1.54) is 42.2 Å². The topological polar surface area (TPSA) is 35.0 Å². The maximum Gasteiger partial charge on any atom is 0.419 e. The minimum atomic E-state index is -4.46. The number of halogens is 3. The number of nitrogens with zero attached hydrogens (tertiary/aromatic N) is 2. The molecule has 1 aromatic carbocycles. The van der Waals surface area contributed by atoms with Crippen molar-refractivity contribution in [3.8, 4) is 16.3 Å². The molecular formula is C17H21F3N2OS. The van der Waals surface area contributed by atoms with Gasteiger partial charge in [-0.25, -0.2) is 0 Å². The minimum absolute atomic E-state index is 0.121. The SMILES string of the molecule is CCCCCCCCOc1ccc(-c2nncs2)cc1C(F)(F)F. The molecule has 3 nitrogen and oxygen atoms in total. The van der Waals surface area contributed by atoms with Gasteiger partial charge in [-0.2, -0.15) is 13.2 Å². The first-order chi connectivity index (χ1) is 11.5. The van der Waals surface area contributed by atoms with E-state index in [0.717, 1.165) is 25.3 Å². The van der Waals surface area contributed by atoms with Crippen LogP contribution in [0, 0.1) is 0 Å². The summed E-state index contributed by atoms with van der Waals surface area (Å²) in [5.74, 6) is -0.121. The van der Waals surface area contributed by atoms with E-state index in [1.54, 1.807) is 6.07 Å². The van der Waals surface area contributed by atoms with Gasteiger partial charge in [-0.15, -0.1) is 10.2 Å². The van der Waals surface area contributed by atoms with Gasteiger partial charge in [0.1, 0.15) is 16.3 Å². The largest absolute Gasteiger partial charge is 0.493 e. The molecule has 0 saturated carbocycles. The van der Waals surface area contributed by atoms with Crippen molar-refractivity contribution in [2.45, 2.75) is 51.6 Å². The second-order valence-electron chi connectivity index (χ2n) is 5.57. The first-order valence-electron chi connectivity index (χ1n) is 8.13. The van der Waals surface area contributed by atoms with E-state index in [4.69, 9.17) is 4.74 Å². The van der Waals surface area contributed by atoms with Crippen LogP contribution < -0.4 is 4.74 Å². The highest BCUT2D eigenvalue weighted by molar-refractivity contribution is 7.12. The fourth-order valence-corrected chi connectivity index (χ4v) is 2.93. The number of unbranched alkanes of at least 4 members (excludes halogenated alkanes) is 5. The van der Waals surface area contributed by atoms with Gasteiger partial charge in [0.15, 0.2) is 0 Å². The summed E-state index contributed by atoms with van der Waals surface area (Å²) >= 11 is 1.20. The number of alkyl halides is 3. The second kappa shape index (κ2) is 9.01. The second-order valence-corrected chi connectivity index (χ2v) is 6.40. The fourth-order valence-electron chi connectivity index (χ4n) is 2.37. The van der Waals surface area contributed by atoms with Crippen LogP contribution in [0.1, 0.15) is 51.0 Å². The van der Waals surface area contributed by atoms with Crippen LogP contribution in [-0.2, 0) is 6.18 Å². The molecule has 132 valence electrons. The molecular weight excluding hydrogens is 337 g/mol. The minimum Gasteiger partial charge on any atom is -0.493 e. The molecule has 0 fully saturated rings. The summed E-state index contributed by atoms with van der Waals surface area (Å²) in [6.45, 7) is 2.45. The molecule has 1 aromatic heterocycles. The Morgan fingerprint density at radius 3 is 2.50 bits per heavy atom. The molecule has 0 aliphatic carbocycles. The van der Waals surface area contributed by atoms with Crippen molar-refractivity contribution in [2.75, 3.05) is 6.61 Å². The molecule has 2 aromatic rings. The van der Waals surface area contributed by atoms with E-state index < -0.39 is 11.7 Å². The number of aromatic nitrogens is 2. The number of hydrogen-bond donors (Lipinski definition) is 0. The van der Waals surface area contributed by atoms with Gasteiger partial charge in [0.25, 0.3) is 0 Å². The average molecular weight is 358 g/mol. The lowest BCUT2D eigenvalue weighted by Crippen LogP contribution is -2.09. The molecule has 7 heteroatoms. The highest BCUT2D eigenvalue weighted by Crippen LogP contribution is 2.39. The van der Waals surface area contributed by atoms with Gasteiger partial charge in [0.05, 0.1) is 12.2 Å². The normalized spacial score (nSPS) is 11.7. The third kappa shape index (κ3) is 5.47. The summed E-state index contributed by atoms with van der Waals surface area (Å²) in [4.78, 5) is 0. The molecule has 0 saturated heterocycles. The van der Waals surface area contributed by atoms with Gasteiger partial charge >= 0.3 is 6.18 Å². The Morgan fingerprint density at radius 1 is 1.08 bits per heavy atom. The summed E-state index contributed by atoms with van der Waals surface area (Å²) < 4.78 is 45.2. The summed E-state index contributed by atoms with van der Waals surface area (Å²) in [6.07, 6.45) is 1.92. The van der Waals surface area contributed by atoms with Crippen LogP contribution in [0.4, 0.5) is 13.2 Å². The van der Waals surface area contributed by atoms with Crippen LogP contribution in [-0.4, -0.2) is 16.8 Å². The van der Waals surface area contributed by atoms with Crippen molar-refractivity contribution in [3.05, 3.63) is 29.3 Å². The molecule has 0 spiro atoms. The number of rotatable bonds is 9. The Morgan fingerprint density at radius 2 is 1.83 bits per heavy atom. The fraction of sp³-hybridized carbons (Fsp3) is 0.529. The molecule has 0 unspecified atom stereocenters. The number of hydrogen-bond acceptors (Lipinski definition) is 4. The lowest BCUT2D eigenvalue weighted by Gasteiger charge is -2.15. The van der Waals surface area contributed by atoms with E-state index in [-0.39, 0.29) is 5.75 Å². The van der Waals surface area contributed by atoms with E-state index in [9.17, 15) is 13.2 Å². The van der Waals surface area contributed by atoms with Gasteiger partial charge in [0, 0.05) is 5.56 Å². The molecule has 24 heavy (non-hydrogen) atoms. The molecule has 1 heterocycles. The molecule has 2 rings (SSSR count). The van der Waals surface area contributed by atoms with Crippen LogP contribution >= 0.6 is 11.3 Å². The summed E-state index contributed by atoms with van der Waals surface area (Å²) in [6, 6.07) is 4.04. The van der Waals surface area contributed by atoms with Crippen molar-refractivity contribution >= 4 is 11.3 Å². The average Bonchev–Trinajstić information content (AvgIpc) is 3.07. The molecule has 0 bridgehead atoms. The third-order valence-electron chi connectivity index (χ3n) is 3.65. The Kier molecular flexibility index (Phi) is 7.02. The molecule has 0 amide bonds. The Labute approximate surface area is 143 Å². The highest BCUT2D eigenvalue weighted by Gasteiger charge is 2.35. The van der Waals surface area contributed by atoms with Gasteiger partial charge in [-0.1, -0.05) is 50.4 Å². The molecule has 0 radical (unpaired) electrons. The number of benzene rings is 1. The van der Waals surface area contributed by atoms with Gasteiger partial charge < -0.3 is 4.74 Å². The van der Waals surface area contributed by atoms with E-state index in [1.807, 2.05) is 0 Å². The smallest absolute Gasteiger partial charge is 0.419 e.